The van der Waals surface area contributed by atoms with Crippen LogP contribution in [-0.2, 0) is 0 Å². The van der Waals surface area contributed by atoms with Crippen molar-refractivity contribution in [3.05, 3.63) is 231 Å². The lowest BCUT2D eigenvalue weighted by Crippen LogP contribution is -2.10. The van der Waals surface area contributed by atoms with Crippen LogP contribution in [0.3, 0.4) is 0 Å². The highest BCUT2D eigenvalue weighted by Gasteiger charge is 2.18. The Morgan fingerprint density at radius 3 is 1.57 bits per heavy atom. The fraction of sp³-hybridized carbons (Fsp3) is 0. The van der Waals surface area contributed by atoms with Crippen molar-refractivity contribution in [1.82, 2.24) is 4.57 Å². The third-order valence-electron chi connectivity index (χ3n) is 11.6. The Kier molecular flexibility index (Phi) is 8.19. The molecule has 0 aliphatic rings. The van der Waals surface area contributed by atoms with Crippen LogP contribution in [0.1, 0.15) is 0 Å². The van der Waals surface area contributed by atoms with Crippen molar-refractivity contribution >= 4 is 60.4 Å². The van der Waals surface area contributed by atoms with E-state index in [1.54, 1.807) is 0 Å². The molecule has 0 radical (unpaired) electrons. The standard InChI is InChI=1S/C56H38N2/c1-4-14-40(15-5-1)50-35-33-48(38-53(50)41-16-6-2-7-17-41)57(47-32-28-43-25-24-42-18-10-11-21-49(42)54(43)37-47)46-30-26-39(27-31-46)44-29-34-52-51-22-12-13-23-55(51)58(56(52)36-44)45-19-8-3-9-20-45/h1-38H. The van der Waals surface area contributed by atoms with Crippen LogP contribution in [0.15, 0.2) is 231 Å². The molecule has 0 fully saturated rings. The van der Waals surface area contributed by atoms with E-state index in [9.17, 15) is 0 Å². The molecule has 0 N–H and O–H groups in total. The van der Waals surface area contributed by atoms with E-state index in [1.807, 2.05) is 0 Å². The second-order valence-corrected chi connectivity index (χ2v) is 15.0. The Bertz CT molecular complexity index is 3250. The first-order valence-corrected chi connectivity index (χ1v) is 19.9. The molecule has 0 bridgehead atoms. The Hall–Kier alpha value is -7.68. The van der Waals surface area contributed by atoms with Crippen LogP contribution < -0.4 is 4.90 Å². The molecule has 0 atom stereocenters. The highest BCUT2D eigenvalue weighted by molar-refractivity contribution is 6.11. The van der Waals surface area contributed by atoms with Gasteiger partial charge in [-0.25, -0.2) is 0 Å². The smallest absolute Gasteiger partial charge is 0.0547 e. The van der Waals surface area contributed by atoms with Gasteiger partial charge >= 0.3 is 0 Å². The first-order valence-electron chi connectivity index (χ1n) is 19.9. The second kappa shape index (κ2) is 14.1. The van der Waals surface area contributed by atoms with Gasteiger partial charge in [0.25, 0.3) is 0 Å². The summed E-state index contributed by atoms with van der Waals surface area (Å²) in [5, 5.41) is 7.47. The fourth-order valence-electron chi connectivity index (χ4n) is 8.78. The lowest BCUT2D eigenvalue weighted by Gasteiger charge is -2.27. The Morgan fingerprint density at radius 1 is 0.276 bits per heavy atom. The molecule has 1 aromatic heterocycles. The summed E-state index contributed by atoms with van der Waals surface area (Å²) in [6, 6.07) is 83.7. The molecule has 10 aromatic carbocycles. The maximum absolute atomic E-state index is 2.41. The second-order valence-electron chi connectivity index (χ2n) is 15.0. The van der Waals surface area contributed by atoms with Gasteiger partial charge in [-0.2, -0.15) is 0 Å². The molecule has 0 aliphatic carbocycles. The van der Waals surface area contributed by atoms with Gasteiger partial charge in [0.2, 0.25) is 0 Å². The van der Waals surface area contributed by atoms with Crippen molar-refractivity contribution in [3.63, 3.8) is 0 Å². The minimum atomic E-state index is 1.09. The molecule has 2 heteroatoms. The van der Waals surface area contributed by atoms with Gasteiger partial charge in [0.1, 0.15) is 0 Å². The molecule has 0 saturated carbocycles. The number of benzene rings is 10. The summed E-state index contributed by atoms with van der Waals surface area (Å²) in [7, 11) is 0. The number of anilines is 3. The van der Waals surface area contributed by atoms with Crippen LogP contribution >= 0.6 is 0 Å². The van der Waals surface area contributed by atoms with Gasteiger partial charge in [-0.05, 0) is 116 Å². The van der Waals surface area contributed by atoms with Crippen LogP contribution in [0.4, 0.5) is 17.1 Å². The molecule has 58 heavy (non-hydrogen) atoms. The summed E-state index contributed by atoms with van der Waals surface area (Å²) in [4.78, 5) is 2.41. The number of rotatable bonds is 7. The van der Waals surface area contributed by atoms with Crippen LogP contribution in [0.25, 0.3) is 82.4 Å². The van der Waals surface area contributed by atoms with Gasteiger partial charge in [0, 0.05) is 33.5 Å². The van der Waals surface area contributed by atoms with E-state index in [1.165, 1.54) is 76.7 Å². The molecule has 2 nitrogen and oxygen atoms in total. The summed E-state index contributed by atoms with van der Waals surface area (Å²) >= 11 is 0. The van der Waals surface area contributed by atoms with Crippen LogP contribution in [0.5, 0.6) is 0 Å². The van der Waals surface area contributed by atoms with Gasteiger partial charge in [0.05, 0.1) is 11.0 Å². The molecular weight excluding hydrogens is 701 g/mol. The molecule has 0 saturated heterocycles. The van der Waals surface area contributed by atoms with Crippen molar-refractivity contribution < 1.29 is 0 Å². The maximum atomic E-state index is 2.41. The lowest BCUT2D eigenvalue weighted by molar-refractivity contribution is 1.18. The van der Waals surface area contributed by atoms with Gasteiger partial charge < -0.3 is 9.47 Å². The predicted molar refractivity (Wildman–Crippen MR) is 247 cm³/mol. The first-order chi connectivity index (χ1) is 28.8. The highest BCUT2D eigenvalue weighted by Crippen LogP contribution is 2.43. The van der Waals surface area contributed by atoms with E-state index in [0.717, 1.165) is 22.7 Å². The first kappa shape index (κ1) is 33.6. The molecule has 0 amide bonds. The molecule has 272 valence electrons. The number of hydrogen-bond acceptors (Lipinski definition) is 1. The fourth-order valence-corrected chi connectivity index (χ4v) is 8.78. The monoisotopic (exact) mass is 738 g/mol. The molecule has 11 aromatic rings. The minimum absolute atomic E-state index is 1.09. The minimum Gasteiger partial charge on any atom is -0.310 e. The van der Waals surface area contributed by atoms with Crippen molar-refractivity contribution in [3.8, 4) is 39.1 Å². The van der Waals surface area contributed by atoms with Crippen LogP contribution in [0.2, 0.25) is 0 Å². The van der Waals surface area contributed by atoms with Gasteiger partial charge in [-0.1, -0.05) is 170 Å². The van der Waals surface area contributed by atoms with Crippen molar-refractivity contribution in [2.75, 3.05) is 4.90 Å². The van der Waals surface area contributed by atoms with E-state index >= 15 is 0 Å². The van der Waals surface area contributed by atoms with E-state index in [-0.39, 0.29) is 0 Å². The van der Waals surface area contributed by atoms with E-state index in [0.29, 0.717) is 0 Å². The summed E-state index contributed by atoms with van der Waals surface area (Å²) < 4.78 is 2.39. The van der Waals surface area contributed by atoms with Crippen molar-refractivity contribution in [2.45, 2.75) is 0 Å². The Balaban J connectivity index is 1.08. The summed E-state index contributed by atoms with van der Waals surface area (Å²) in [5.74, 6) is 0. The van der Waals surface area contributed by atoms with Gasteiger partial charge in [-0.15, -0.1) is 0 Å². The van der Waals surface area contributed by atoms with Crippen molar-refractivity contribution in [2.24, 2.45) is 0 Å². The number of aromatic nitrogens is 1. The molecule has 0 spiro atoms. The molecule has 11 rings (SSSR count). The van der Waals surface area contributed by atoms with Crippen LogP contribution in [-0.4, -0.2) is 4.57 Å². The Morgan fingerprint density at radius 2 is 0.810 bits per heavy atom. The molecular formula is C56H38N2. The average Bonchev–Trinajstić information content (AvgIpc) is 3.64. The number of para-hydroxylation sites is 2. The maximum Gasteiger partial charge on any atom is 0.0547 e. The summed E-state index contributed by atoms with van der Waals surface area (Å²) in [5.41, 5.74) is 14.0. The molecule has 0 unspecified atom stereocenters. The zero-order chi connectivity index (χ0) is 38.4. The Labute approximate surface area is 338 Å². The normalized spacial score (nSPS) is 11.4. The lowest BCUT2D eigenvalue weighted by atomic mass is 9.93. The topological polar surface area (TPSA) is 8.17 Å². The average molecular weight is 739 g/mol. The van der Waals surface area contributed by atoms with E-state index in [2.05, 4.69) is 240 Å². The summed E-state index contributed by atoms with van der Waals surface area (Å²) in [6.07, 6.45) is 0. The third-order valence-corrected chi connectivity index (χ3v) is 11.6. The summed E-state index contributed by atoms with van der Waals surface area (Å²) in [6.45, 7) is 0. The zero-order valence-electron chi connectivity index (χ0n) is 31.8. The van der Waals surface area contributed by atoms with Gasteiger partial charge in [0.15, 0.2) is 0 Å². The third kappa shape index (κ3) is 5.82. The number of hydrogen-bond donors (Lipinski definition) is 0. The molecule has 1 heterocycles. The largest absolute Gasteiger partial charge is 0.310 e. The van der Waals surface area contributed by atoms with E-state index in [4.69, 9.17) is 0 Å². The molecule has 0 aliphatic heterocycles. The predicted octanol–water partition coefficient (Wildman–Crippen LogP) is 15.6. The SMILES string of the molecule is c1ccc(-c2ccc(N(c3ccc(-c4ccc5c6ccccc6n(-c6ccccc6)c5c4)cc3)c3ccc4ccc5ccccc5c4c3)cc2-c2ccccc2)cc1. The number of nitrogens with zero attached hydrogens (tertiary/aromatic N) is 2. The highest BCUT2D eigenvalue weighted by atomic mass is 15.1. The zero-order valence-corrected chi connectivity index (χ0v) is 31.8. The van der Waals surface area contributed by atoms with E-state index < -0.39 is 0 Å². The quantitative estimate of drug-likeness (QED) is 0.148. The van der Waals surface area contributed by atoms with Crippen LogP contribution in [0, 0.1) is 0 Å². The number of fused-ring (bicyclic) bond motifs is 6. The van der Waals surface area contributed by atoms with Crippen molar-refractivity contribution in [1.29, 1.82) is 0 Å². The van der Waals surface area contributed by atoms with Gasteiger partial charge in [-0.3, -0.25) is 0 Å².